The van der Waals surface area contributed by atoms with Crippen molar-refractivity contribution in [3.63, 3.8) is 0 Å². The second-order valence-corrected chi connectivity index (χ2v) is 5.86. The zero-order valence-electron chi connectivity index (χ0n) is 11.0. The van der Waals surface area contributed by atoms with Gasteiger partial charge in [0.15, 0.2) is 0 Å². The number of anilines is 1. The predicted molar refractivity (Wildman–Crippen MR) is 86.0 cm³/mol. The van der Waals surface area contributed by atoms with E-state index in [1.165, 1.54) is 0 Å². The van der Waals surface area contributed by atoms with Crippen molar-refractivity contribution in [2.24, 2.45) is 0 Å². The molecule has 0 saturated carbocycles. The lowest BCUT2D eigenvalue weighted by Crippen LogP contribution is -2.28. The number of aliphatic hydroxyl groups is 1. The molecule has 0 aliphatic carbocycles. The Labute approximate surface area is 132 Å². The molecule has 19 heavy (non-hydrogen) atoms. The summed E-state index contributed by atoms with van der Waals surface area (Å²) in [5.41, 5.74) is 0.953. The Morgan fingerprint density at radius 3 is 2.79 bits per heavy atom. The van der Waals surface area contributed by atoms with Crippen LogP contribution in [0, 0.1) is 3.57 Å². The van der Waals surface area contributed by atoms with E-state index in [-0.39, 0.29) is 12.7 Å². The molecule has 2 unspecified atom stereocenters. The van der Waals surface area contributed by atoms with Crippen LogP contribution in [0.15, 0.2) is 18.2 Å². The second-order valence-electron chi connectivity index (χ2n) is 4.26. The SMILES string of the molecule is COCC(C)OCC(O)CNc1ccc(Cl)cc1I. The summed E-state index contributed by atoms with van der Waals surface area (Å²) in [5, 5.41) is 13.7. The minimum Gasteiger partial charge on any atom is -0.389 e. The second kappa shape index (κ2) is 8.97. The molecular formula is C13H19ClINO3. The van der Waals surface area contributed by atoms with Gasteiger partial charge in [-0.3, -0.25) is 0 Å². The van der Waals surface area contributed by atoms with Crippen LogP contribution in [0.5, 0.6) is 0 Å². The molecule has 1 rings (SSSR count). The Kier molecular flexibility index (Phi) is 8.01. The Morgan fingerprint density at radius 1 is 1.42 bits per heavy atom. The quantitative estimate of drug-likeness (QED) is 0.660. The maximum Gasteiger partial charge on any atom is 0.0945 e. The van der Waals surface area contributed by atoms with Crippen molar-refractivity contribution in [2.45, 2.75) is 19.1 Å². The van der Waals surface area contributed by atoms with E-state index < -0.39 is 6.10 Å². The van der Waals surface area contributed by atoms with Gasteiger partial charge in [0.1, 0.15) is 0 Å². The summed E-state index contributed by atoms with van der Waals surface area (Å²) in [7, 11) is 1.63. The molecule has 0 aliphatic rings. The van der Waals surface area contributed by atoms with Gasteiger partial charge in [-0.2, -0.15) is 0 Å². The van der Waals surface area contributed by atoms with Crippen molar-refractivity contribution in [2.75, 3.05) is 32.2 Å². The molecule has 1 aromatic carbocycles. The minimum atomic E-state index is -0.564. The number of aliphatic hydroxyl groups excluding tert-OH is 1. The number of hydrogen-bond acceptors (Lipinski definition) is 4. The van der Waals surface area contributed by atoms with Crippen molar-refractivity contribution in [1.82, 2.24) is 0 Å². The standard InChI is InChI=1S/C13H19ClINO3/c1-9(7-18-2)19-8-11(17)6-16-13-4-3-10(14)5-12(13)15/h3-5,9,11,16-17H,6-8H2,1-2H3. The molecule has 0 spiro atoms. The lowest BCUT2D eigenvalue weighted by Gasteiger charge is -2.17. The first-order valence-corrected chi connectivity index (χ1v) is 7.46. The molecule has 4 nitrogen and oxygen atoms in total. The van der Waals surface area contributed by atoms with Gasteiger partial charge in [0, 0.05) is 27.9 Å². The van der Waals surface area contributed by atoms with E-state index >= 15 is 0 Å². The summed E-state index contributed by atoms with van der Waals surface area (Å²) >= 11 is 8.08. The van der Waals surface area contributed by atoms with E-state index in [0.29, 0.717) is 18.2 Å². The summed E-state index contributed by atoms with van der Waals surface area (Å²) in [6, 6.07) is 5.58. The third-order valence-corrected chi connectivity index (χ3v) is 3.56. The number of rotatable bonds is 8. The fourth-order valence-electron chi connectivity index (χ4n) is 1.48. The van der Waals surface area contributed by atoms with Crippen LogP contribution < -0.4 is 5.32 Å². The van der Waals surface area contributed by atoms with Gasteiger partial charge in [0.05, 0.1) is 25.4 Å². The lowest BCUT2D eigenvalue weighted by atomic mass is 10.3. The van der Waals surface area contributed by atoms with Gasteiger partial charge in [-0.1, -0.05) is 11.6 Å². The van der Waals surface area contributed by atoms with E-state index in [2.05, 4.69) is 27.9 Å². The molecule has 0 aliphatic heterocycles. The van der Waals surface area contributed by atoms with Crippen molar-refractivity contribution >= 4 is 39.9 Å². The molecule has 108 valence electrons. The summed E-state index contributed by atoms with van der Waals surface area (Å²) in [6.45, 7) is 3.14. The van der Waals surface area contributed by atoms with Crippen LogP contribution in [0.4, 0.5) is 5.69 Å². The highest BCUT2D eigenvalue weighted by atomic mass is 127. The number of ether oxygens (including phenoxy) is 2. The molecule has 6 heteroatoms. The number of halogens is 2. The van der Waals surface area contributed by atoms with E-state index in [1.54, 1.807) is 7.11 Å². The van der Waals surface area contributed by atoms with Crippen molar-refractivity contribution in [3.05, 3.63) is 26.8 Å². The first-order chi connectivity index (χ1) is 9.02. The van der Waals surface area contributed by atoms with E-state index in [4.69, 9.17) is 21.1 Å². The topological polar surface area (TPSA) is 50.7 Å². The molecule has 0 heterocycles. The van der Waals surface area contributed by atoms with Gasteiger partial charge >= 0.3 is 0 Å². The van der Waals surface area contributed by atoms with E-state index in [0.717, 1.165) is 9.26 Å². The first-order valence-electron chi connectivity index (χ1n) is 6.00. The van der Waals surface area contributed by atoms with Gasteiger partial charge in [0.25, 0.3) is 0 Å². The number of hydrogen-bond donors (Lipinski definition) is 2. The summed E-state index contributed by atoms with van der Waals surface area (Å²) in [5.74, 6) is 0. The first kappa shape index (κ1) is 17.0. The maximum absolute atomic E-state index is 9.82. The highest BCUT2D eigenvalue weighted by Gasteiger charge is 2.09. The number of nitrogens with one attached hydrogen (secondary N) is 1. The van der Waals surface area contributed by atoms with Gasteiger partial charge in [0.2, 0.25) is 0 Å². The monoisotopic (exact) mass is 399 g/mol. The normalized spacial score (nSPS) is 14.2. The largest absolute Gasteiger partial charge is 0.389 e. The molecular weight excluding hydrogens is 381 g/mol. The molecule has 0 aromatic heterocycles. The van der Waals surface area contributed by atoms with Crippen molar-refractivity contribution < 1.29 is 14.6 Å². The van der Waals surface area contributed by atoms with Gasteiger partial charge in [-0.15, -0.1) is 0 Å². The highest BCUT2D eigenvalue weighted by Crippen LogP contribution is 2.22. The molecule has 0 radical (unpaired) electrons. The van der Waals surface area contributed by atoms with Gasteiger partial charge in [-0.05, 0) is 47.7 Å². The molecule has 0 bridgehead atoms. The predicted octanol–water partition coefficient (Wildman–Crippen LogP) is 2.77. The van der Waals surface area contributed by atoms with Crippen LogP contribution in [0.1, 0.15) is 6.92 Å². The highest BCUT2D eigenvalue weighted by molar-refractivity contribution is 14.1. The zero-order chi connectivity index (χ0) is 14.3. The minimum absolute atomic E-state index is 0.0182. The maximum atomic E-state index is 9.82. The Hall–Kier alpha value is -0.0800. The number of benzene rings is 1. The summed E-state index contributed by atoms with van der Waals surface area (Å²) < 4.78 is 11.4. The average molecular weight is 400 g/mol. The van der Waals surface area contributed by atoms with Crippen molar-refractivity contribution in [1.29, 1.82) is 0 Å². The van der Waals surface area contributed by atoms with E-state index in [1.807, 2.05) is 25.1 Å². The Bertz CT molecular complexity index is 392. The molecule has 0 saturated heterocycles. The summed E-state index contributed by atoms with van der Waals surface area (Å²) in [6.07, 6.45) is -0.582. The number of methoxy groups -OCH3 is 1. The van der Waals surface area contributed by atoms with Crippen LogP contribution >= 0.6 is 34.2 Å². The van der Waals surface area contributed by atoms with Crippen LogP contribution in [-0.4, -0.2) is 44.2 Å². The molecule has 0 fully saturated rings. The van der Waals surface area contributed by atoms with Crippen LogP contribution in [0.2, 0.25) is 5.02 Å². The van der Waals surface area contributed by atoms with Gasteiger partial charge in [-0.25, -0.2) is 0 Å². The Balaban J connectivity index is 2.31. The van der Waals surface area contributed by atoms with Crippen LogP contribution in [0.3, 0.4) is 0 Å². The fraction of sp³-hybridized carbons (Fsp3) is 0.538. The zero-order valence-corrected chi connectivity index (χ0v) is 13.9. The van der Waals surface area contributed by atoms with Crippen LogP contribution in [0.25, 0.3) is 0 Å². The lowest BCUT2D eigenvalue weighted by molar-refractivity contribution is -0.0282. The molecule has 0 amide bonds. The third-order valence-electron chi connectivity index (χ3n) is 2.43. The van der Waals surface area contributed by atoms with Crippen molar-refractivity contribution in [3.8, 4) is 0 Å². The van der Waals surface area contributed by atoms with E-state index in [9.17, 15) is 5.11 Å². The third kappa shape index (κ3) is 6.76. The van der Waals surface area contributed by atoms with Gasteiger partial charge < -0.3 is 19.9 Å². The molecule has 2 N–H and O–H groups in total. The molecule has 1 aromatic rings. The molecule has 2 atom stereocenters. The summed E-state index contributed by atoms with van der Waals surface area (Å²) in [4.78, 5) is 0. The average Bonchev–Trinajstić information content (AvgIpc) is 2.35. The fourth-order valence-corrected chi connectivity index (χ4v) is 2.54. The smallest absolute Gasteiger partial charge is 0.0945 e. The van der Waals surface area contributed by atoms with Crippen LogP contribution in [-0.2, 0) is 9.47 Å². The Morgan fingerprint density at radius 2 is 2.16 bits per heavy atom.